The first-order chi connectivity index (χ1) is 11.0. The molecule has 0 spiro atoms. The van der Waals surface area contributed by atoms with Gasteiger partial charge >= 0.3 is 11.9 Å². The standard InChI is InChI=1S/C17H19NO5/c1-3-23-16(19)10-15-14(17(20)21)8-9-18(15)11-12-4-6-13(22-2)7-5-12/h4-9H,3,10-11H2,1-2H3,(H,20,21). The second-order valence-corrected chi connectivity index (χ2v) is 4.94. The molecule has 0 amide bonds. The minimum atomic E-state index is -1.06. The number of carboxylic acids is 1. The second kappa shape index (κ2) is 7.49. The number of nitrogens with zero attached hydrogens (tertiary/aromatic N) is 1. The fourth-order valence-corrected chi connectivity index (χ4v) is 2.32. The van der Waals surface area contributed by atoms with Gasteiger partial charge in [0.1, 0.15) is 5.75 Å². The van der Waals surface area contributed by atoms with Crippen LogP contribution in [-0.4, -0.2) is 35.3 Å². The van der Waals surface area contributed by atoms with Crippen molar-refractivity contribution in [3.63, 3.8) is 0 Å². The number of ether oxygens (including phenoxy) is 2. The first kappa shape index (κ1) is 16.6. The lowest BCUT2D eigenvalue weighted by atomic mass is 10.1. The van der Waals surface area contributed by atoms with Crippen molar-refractivity contribution in [3.05, 3.63) is 53.3 Å². The second-order valence-electron chi connectivity index (χ2n) is 4.94. The lowest BCUT2D eigenvalue weighted by Crippen LogP contribution is -2.15. The Hall–Kier alpha value is -2.76. The predicted molar refractivity (Wildman–Crippen MR) is 83.8 cm³/mol. The molecule has 0 saturated heterocycles. The van der Waals surface area contributed by atoms with E-state index in [1.54, 1.807) is 24.8 Å². The lowest BCUT2D eigenvalue weighted by molar-refractivity contribution is -0.142. The third kappa shape index (κ3) is 4.12. The van der Waals surface area contributed by atoms with Crippen molar-refractivity contribution in [2.75, 3.05) is 13.7 Å². The maximum absolute atomic E-state index is 11.7. The lowest BCUT2D eigenvalue weighted by Gasteiger charge is -2.11. The Morgan fingerprint density at radius 2 is 1.87 bits per heavy atom. The minimum absolute atomic E-state index is 0.0708. The van der Waals surface area contributed by atoms with Gasteiger partial charge in [0, 0.05) is 18.4 Å². The Morgan fingerprint density at radius 3 is 2.43 bits per heavy atom. The number of hydrogen-bond acceptors (Lipinski definition) is 4. The molecule has 0 saturated carbocycles. The summed E-state index contributed by atoms with van der Waals surface area (Å²) in [5, 5.41) is 9.27. The average Bonchev–Trinajstić information content (AvgIpc) is 2.91. The fraction of sp³-hybridized carbons (Fsp3) is 0.294. The molecule has 0 fully saturated rings. The smallest absolute Gasteiger partial charge is 0.337 e. The molecule has 0 bridgehead atoms. The van der Waals surface area contributed by atoms with Crippen molar-refractivity contribution in [1.82, 2.24) is 4.57 Å². The van der Waals surface area contributed by atoms with E-state index < -0.39 is 11.9 Å². The number of rotatable bonds is 7. The number of aromatic nitrogens is 1. The molecule has 1 heterocycles. The quantitative estimate of drug-likeness (QED) is 0.793. The Morgan fingerprint density at radius 1 is 1.17 bits per heavy atom. The molecule has 0 aliphatic carbocycles. The van der Waals surface area contributed by atoms with Crippen molar-refractivity contribution in [2.45, 2.75) is 19.9 Å². The molecule has 0 atom stereocenters. The highest BCUT2D eigenvalue weighted by Gasteiger charge is 2.18. The number of carboxylic acid groups (broad SMARTS) is 1. The van der Waals surface area contributed by atoms with Crippen molar-refractivity contribution in [3.8, 4) is 5.75 Å². The molecule has 6 heteroatoms. The summed E-state index contributed by atoms with van der Waals surface area (Å²) in [5.41, 5.74) is 1.53. The molecule has 122 valence electrons. The van der Waals surface area contributed by atoms with Crippen LogP contribution in [0.4, 0.5) is 0 Å². The average molecular weight is 317 g/mol. The maximum Gasteiger partial charge on any atom is 0.337 e. The molecule has 1 aromatic carbocycles. The minimum Gasteiger partial charge on any atom is -0.497 e. The first-order valence-electron chi connectivity index (χ1n) is 7.25. The Balaban J connectivity index is 2.26. The molecule has 2 rings (SSSR count). The zero-order chi connectivity index (χ0) is 16.8. The largest absolute Gasteiger partial charge is 0.497 e. The Labute approximate surface area is 134 Å². The summed E-state index contributed by atoms with van der Waals surface area (Å²) in [6.07, 6.45) is 1.60. The molecule has 0 radical (unpaired) electrons. The van der Waals surface area contributed by atoms with Crippen LogP contribution in [0.3, 0.4) is 0 Å². The molecule has 6 nitrogen and oxygen atoms in total. The normalized spacial score (nSPS) is 10.3. The summed E-state index contributed by atoms with van der Waals surface area (Å²) in [7, 11) is 1.59. The predicted octanol–water partition coefficient (Wildman–Crippen LogP) is 2.35. The number of benzene rings is 1. The van der Waals surface area contributed by atoms with Crippen LogP contribution < -0.4 is 4.74 Å². The molecule has 23 heavy (non-hydrogen) atoms. The summed E-state index contributed by atoms with van der Waals surface area (Å²) in [6.45, 7) is 2.44. The fourth-order valence-electron chi connectivity index (χ4n) is 2.32. The number of carbonyl (C=O) groups excluding carboxylic acids is 1. The van der Waals surface area contributed by atoms with E-state index in [0.717, 1.165) is 11.3 Å². The number of methoxy groups -OCH3 is 1. The van der Waals surface area contributed by atoms with Crippen molar-refractivity contribution in [2.24, 2.45) is 0 Å². The Kier molecular flexibility index (Phi) is 5.41. The van der Waals surface area contributed by atoms with Gasteiger partial charge in [-0.3, -0.25) is 4.79 Å². The summed E-state index contributed by atoms with van der Waals surface area (Å²) in [5.74, 6) is -0.748. The number of aromatic carboxylic acids is 1. The van der Waals surface area contributed by atoms with E-state index in [1.165, 1.54) is 6.07 Å². The summed E-state index contributed by atoms with van der Waals surface area (Å²) in [4.78, 5) is 23.1. The monoisotopic (exact) mass is 317 g/mol. The SMILES string of the molecule is CCOC(=O)Cc1c(C(=O)O)ccn1Cc1ccc(OC)cc1. The van der Waals surface area contributed by atoms with Crippen LogP contribution in [0.15, 0.2) is 36.5 Å². The Bertz CT molecular complexity index is 688. The van der Waals surface area contributed by atoms with Gasteiger partial charge < -0.3 is 19.1 Å². The molecule has 0 unspecified atom stereocenters. The van der Waals surface area contributed by atoms with Crippen molar-refractivity contribution in [1.29, 1.82) is 0 Å². The van der Waals surface area contributed by atoms with E-state index in [1.807, 2.05) is 24.3 Å². The van der Waals surface area contributed by atoms with E-state index in [4.69, 9.17) is 9.47 Å². The van der Waals surface area contributed by atoms with Crippen LogP contribution in [0, 0.1) is 0 Å². The van der Waals surface area contributed by atoms with Crippen LogP contribution in [-0.2, 0) is 22.5 Å². The zero-order valence-corrected chi connectivity index (χ0v) is 13.1. The summed E-state index contributed by atoms with van der Waals surface area (Å²) < 4.78 is 11.8. The highest BCUT2D eigenvalue weighted by molar-refractivity contribution is 5.90. The van der Waals surface area contributed by atoms with Gasteiger partial charge in [0.05, 0.1) is 25.7 Å². The van der Waals surface area contributed by atoms with Gasteiger partial charge in [-0.25, -0.2) is 4.79 Å². The molecular formula is C17H19NO5. The molecule has 0 aliphatic heterocycles. The van der Waals surface area contributed by atoms with E-state index in [9.17, 15) is 14.7 Å². The molecule has 1 N–H and O–H groups in total. The van der Waals surface area contributed by atoms with Gasteiger partial charge in [0.15, 0.2) is 0 Å². The maximum atomic E-state index is 11.7. The van der Waals surface area contributed by atoms with E-state index in [0.29, 0.717) is 12.2 Å². The van der Waals surface area contributed by atoms with Crippen LogP contribution in [0.2, 0.25) is 0 Å². The van der Waals surface area contributed by atoms with Gasteiger partial charge in [-0.15, -0.1) is 0 Å². The summed E-state index contributed by atoms with van der Waals surface area (Å²) in [6, 6.07) is 8.96. The highest BCUT2D eigenvalue weighted by Crippen LogP contribution is 2.17. The highest BCUT2D eigenvalue weighted by atomic mass is 16.5. The van der Waals surface area contributed by atoms with Gasteiger partial charge in [0.25, 0.3) is 0 Å². The van der Waals surface area contributed by atoms with Gasteiger partial charge in [0.2, 0.25) is 0 Å². The third-order valence-corrected chi connectivity index (χ3v) is 3.44. The van der Waals surface area contributed by atoms with Crippen molar-refractivity contribution < 1.29 is 24.2 Å². The first-order valence-corrected chi connectivity index (χ1v) is 7.25. The number of carbonyl (C=O) groups is 2. The van der Waals surface area contributed by atoms with Gasteiger partial charge in [-0.1, -0.05) is 12.1 Å². The van der Waals surface area contributed by atoms with Gasteiger partial charge in [-0.05, 0) is 30.7 Å². The molecular weight excluding hydrogens is 298 g/mol. The van der Waals surface area contributed by atoms with Crippen LogP contribution >= 0.6 is 0 Å². The van der Waals surface area contributed by atoms with E-state index >= 15 is 0 Å². The molecule has 1 aromatic heterocycles. The van der Waals surface area contributed by atoms with Crippen LogP contribution in [0.25, 0.3) is 0 Å². The van der Waals surface area contributed by atoms with E-state index in [-0.39, 0.29) is 18.6 Å². The number of esters is 1. The topological polar surface area (TPSA) is 77.8 Å². The van der Waals surface area contributed by atoms with Crippen molar-refractivity contribution >= 4 is 11.9 Å². The third-order valence-electron chi connectivity index (χ3n) is 3.44. The van der Waals surface area contributed by atoms with Crippen LogP contribution in [0.5, 0.6) is 5.75 Å². The van der Waals surface area contributed by atoms with E-state index in [2.05, 4.69) is 0 Å². The van der Waals surface area contributed by atoms with Gasteiger partial charge in [-0.2, -0.15) is 0 Å². The summed E-state index contributed by atoms with van der Waals surface area (Å²) >= 11 is 0. The molecule has 0 aliphatic rings. The zero-order valence-electron chi connectivity index (χ0n) is 13.1. The number of hydrogen-bond donors (Lipinski definition) is 1. The van der Waals surface area contributed by atoms with Crippen LogP contribution in [0.1, 0.15) is 28.5 Å². The molecule has 2 aromatic rings.